The lowest BCUT2D eigenvalue weighted by molar-refractivity contribution is -0.116. The second-order valence-corrected chi connectivity index (χ2v) is 7.05. The highest BCUT2D eigenvalue weighted by Gasteiger charge is 2.18. The van der Waals surface area contributed by atoms with E-state index in [2.05, 4.69) is 15.3 Å². The summed E-state index contributed by atoms with van der Waals surface area (Å²) in [6.07, 6.45) is 2.66. The number of carbonyl (C=O) groups excluding carboxylic acids is 1. The molecule has 0 unspecified atom stereocenters. The van der Waals surface area contributed by atoms with Gasteiger partial charge in [-0.15, -0.1) is 0 Å². The van der Waals surface area contributed by atoms with E-state index in [1.54, 1.807) is 24.3 Å². The summed E-state index contributed by atoms with van der Waals surface area (Å²) in [5, 5.41) is 2.54. The maximum atomic E-state index is 13.2. The first kappa shape index (κ1) is 20.4. The summed E-state index contributed by atoms with van der Waals surface area (Å²) in [5.74, 6) is -1.15. The van der Waals surface area contributed by atoms with Crippen LogP contribution in [0.3, 0.4) is 0 Å². The molecule has 8 nitrogen and oxygen atoms in total. The van der Waals surface area contributed by atoms with Gasteiger partial charge in [0, 0.05) is 12.4 Å². The van der Waals surface area contributed by atoms with Crippen LogP contribution in [0.1, 0.15) is 5.56 Å². The van der Waals surface area contributed by atoms with Crippen LogP contribution in [-0.4, -0.2) is 25.0 Å². The van der Waals surface area contributed by atoms with E-state index in [0.717, 1.165) is 26.8 Å². The molecule has 1 amide bonds. The highest BCUT2D eigenvalue weighted by atomic mass is 35.5. The summed E-state index contributed by atoms with van der Waals surface area (Å²) in [6.45, 7) is -0.437. The average molecular weight is 440 g/mol. The fourth-order valence-corrected chi connectivity index (χ4v) is 3.32. The van der Waals surface area contributed by atoms with Crippen molar-refractivity contribution in [3.63, 3.8) is 0 Å². The normalized spacial score (nSPS) is 10.9. The molecule has 0 bridgehead atoms. The van der Waals surface area contributed by atoms with E-state index < -0.39 is 29.5 Å². The first-order chi connectivity index (χ1) is 14.9. The van der Waals surface area contributed by atoms with Gasteiger partial charge < -0.3 is 5.32 Å². The van der Waals surface area contributed by atoms with Gasteiger partial charge in [0.2, 0.25) is 5.91 Å². The number of amides is 1. The summed E-state index contributed by atoms with van der Waals surface area (Å²) < 4.78 is 15.3. The van der Waals surface area contributed by atoms with Crippen molar-refractivity contribution in [3.8, 4) is 0 Å². The molecule has 0 aliphatic rings. The number of hydrogen-bond acceptors (Lipinski definition) is 5. The number of carbonyl (C=O) groups is 1. The van der Waals surface area contributed by atoms with Crippen molar-refractivity contribution in [2.75, 3.05) is 5.32 Å². The van der Waals surface area contributed by atoms with Gasteiger partial charge in [0.15, 0.2) is 11.2 Å². The van der Waals surface area contributed by atoms with Crippen LogP contribution in [-0.2, 0) is 17.9 Å². The predicted octanol–water partition coefficient (Wildman–Crippen LogP) is 2.43. The fraction of sp³-hybridized carbons (Fsp3) is 0.0952. The number of hydrogen-bond donors (Lipinski definition) is 1. The zero-order valence-electron chi connectivity index (χ0n) is 16.0. The third-order valence-electron chi connectivity index (χ3n) is 4.53. The van der Waals surface area contributed by atoms with E-state index in [1.807, 2.05) is 6.07 Å². The number of anilines is 1. The lowest BCUT2D eigenvalue weighted by atomic mass is 10.2. The molecule has 0 aliphatic carbocycles. The Labute approximate surface area is 179 Å². The summed E-state index contributed by atoms with van der Waals surface area (Å²) in [5.41, 5.74) is -0.432. The molecule has 0 aliphatic heterocycles. The molecule has 4 rings (SSSR count). The van der Waals surface area contributed by atoms with Crippen LogP contribution in [0.2, 0.25) is 5.02 Å². The predicted molar refractivity (Wildman–Crippen MR) is 114 cm³/mol. The molecule has 2 heterocycles. The minimum absolute atomic E-state index is 0.0103. The third kappa shape index (κ3) is 4.22. The van der Waals surface area contributed by atoms with Gasteiger partial charge in [-0.1, -0.05) is 41.9 Å². The number of fused-ring (bicyclic) bond motifs is 1. The summed E-state index contributed by atoms with van der Waals surface area (Å²) in [6, 6.07) is 12.5. The minimum atomic E-state index is -0.706. The summed E-state index contributed by atoms with van der Waals surface area (Å²) in [7, 11) is 0. The monoisotopic (exact) mass is 439 g/mol. The van der Waals surface area contributed by atoms with Crippen LogP contribution in [0.25, 0.3) is 11.2 Å². The molecule has 0 radical (unpaired) electrons. The largest absolute Gasteiger partial charge is 0.333 e. The van der Waals surface area contributed by atoms with Crippen LogP contribution in [0.4, 0.5) is 10.1 Å². The molecule has 1 N–H and O–H groups in total. The van der Waals surface area contributed by atoms with Gasteiger partial charge in [0.25, 0.3) is 5.56 Å². The van der Waals surface area contributed by atoms with E-state index in [0.29, 0.717) is 0 Å². The Balaban J connectivity index is 1.75. The molecule has 156 valence electrons. The number of aromatic nitrogens is 4. The third-order valence-corrected chi connectivity index (χ3v) is 4.85. The highest BCUT2D eigenvalue weighted by molar-refractivity contribution is 6.33. The van der Waals surface area contributed by atoms with Gasteiger partial charge >= 0.3 is 5.69 Å². The molecule has 0 spiro atoms. The number of nitrogens with zero attached hydrogens (tertiary/aromatic N) is 4. The van der Waals surface area contributed by atoms with Crippen molar-refractivity contribution in [1.82, 2.24) is 19.1 Å². The van der Waals surface area contributed by atoms with Gasteiger partial charge in [-0.05, 0) is 23.8 Å². The van der Waals surface area contributed by atoms with E-state index in [9.17, 15) is 18.8 Å². The van der Waals surface area contributed by atoms with Crippen molar-refractivity contribution >= 4 is 34.4 Å². The van der Waals surface area contributed by atoms with Crippen molar-refractivity contribution in [2.45, 2.75) is 13.1 Å². The summed E-state index contributed by atoms with van der Waals surface area (Å²) >= 11 is 5.95. The molecule has 2 aromatic heterocycles. The van der Waals surface area contributed by atoms with E-state index in [1.165, 1.54) is 18.5 Å². The number of halogens is 2. The summed E-state index contributed by atoms with van der Waals surface area (Å²) in [4.78, 5) is 46.7. The van der Waals surface area contributed by atoms with Crippen LogP contribution in [0.15, 0.2) is 70.5 Å². The van der Waals surface area contributed by atoms with Crippen molar-refractivity contribution in [1.29, 1.82) is 0 Å². The quantitative estimate of drug-likeness (QED) is 0.515. The lowest BCUT2D eigenvalue weighted by Crippen LogP contribution is -2.42. The smallest absolute Gasteiger partial charge is 0.323 e. The topological polar surface area (TPSA) is 98.9 Å². The van der Waals surface area contributed by atoms with E-state index in [4.69, 9.17) is 11.6 Å². The standard InChI is InChI=1S/C21H15ClFN5O3/c22-15-10-14(23)6-7-16(15)26-17(29)12-27-19-18(24-8-9-25-19)20(30)28(21(27)31)11-13-4-2-1-3-5-13/h1-10H,11-12H2,(H,26,29). The minimum Gasteiger partial charge on any atom is -0.323 e. The van der Waals surface area contributed by atoms with Gasteiger partial charge in [-0.3, -0.25) is 18.7 Å². The molecule has 2 aromatic carbocycles. The van der Waals surface area contributed by atoms with Crippen LogP contribution >= 0.6 is 11.6 Å². The molecular weight excluding hydrogens is 425 g/mol. The Morgan fingerprint density at radius 3 is 2.52 bits per heavy atom. The van der Waals surface area contributed by atoms with Crippen molar-refractivity contribution in [2.24, 2.45) is 0 Å². The number of nitrogens with one attached hydrogen (secondary N) is 1. The lowest BCUT2D eigenvalue weighted by Gasteiger charge is -2.13. The van der Waals surface area contributed by atoms with Crippen LogP contribution in [0.5, 0.6) is 0 Å². The van der Waals surface area contributed by atoms with Gasteiger partial charge in [-0.2, -0.15) is 0 Å². The Morgan fingerprint density at radius 1 is 1.03 bits per heavy atom. The Bertz CT molecular complexity index is 1400. The van der Waals surface area contributed by atoms with E-state index in [-0.39, 0.29) is 28.4 Å². The molecule has 31 heavy (non-hydrogen) atoms. The molecule has 0 saturated heterocycles. The molecule has 0 fully saturated rings. The number of benzene rings is 2. The molecule has 4 aromatic rings. The maximum absolute atomic E-state index is 13.2. The van der Waals surface area contributed by atoms with Crippen LogP contribution in [0, 0.1) is 5.82 Å². The Kier molecular flexibility index (Phi) is 5.59. The second-order valence-electron chi connectivity index (χ2n) is 6.65. The van der Waals surface area contributed by atoms with Gasteiger partial charge in [0.05, 0.1) is 17.3 Å². The Hall–Kier alpha value is -3.85. The molecule has 0 saturated carbocycles. The number of rotatable bonds is 5. The SMILES string of the molecule is O=C(Cn1c(=O)n(Cc2ccccc2)c(=O)c2nccnc21)Nc1ccc(F)cc1Cl. The average Bonchev–Trinajstić information content (AvgIpc) is 2.77. The molecule has 10 heteroatoms. The Morgan fingerprint density at radius 2 is 1.77 bits per heavy atom. The maximum Gasteiger partial charge on any atom is 0.333 e. The molecular formula is C21H15ClFN5O3. The fourth-order valence-electron chi connectivity index (χ4n) is 3.10. The zero-order valence-corrected chi connectivity index (χ0v) is 16.7. The van der Waals surface area contributed by atoms with E-state index >= 15 is 0 Å². The van der Waals surface area contributed by atoms with Crippen molar-refractivity contribution < 1.29 is 9.18 Å². The van der Waals surface area contributed by atoms with Gasteiger partial charge in [0.1, 0.15) is 12.4 Å². The second kappa shape index (κ2) is 8.49. The van der Waals surface area contributed by atoms with Crippen LogP contribution < -0.4 is 16.6 Å². The first-order valence-corrected chi connectivity index (χ1v) is 9.55. The first-order valence-electron chi connectivity index (χ1n) is 9.17. The zero-order chi connectivity index (χ0) is 22.0. The molecule has 0 atom stereocenters. The van der Waals surface area contributed by atoms with Crippen molar-refractivity contribution in [3.05, 3.63) is 98.2 Å². The highest BCUT2D eigenvalue weighted by Crippen LogP contribution is 2.22. The van der Waals surface area contributed by atoms with Gasteiger partial charge in [-0.25, -0.2) is 19.2 Å².